The predicted octanol–water partition coefficient (Wildman–Crippen LogP) is 0.535. The van der Waals surface area contributed by atoms with Gasteiger partial charge in [-0.1, -0.05) is 12.1 Å². The summed E-state index contributed by atoms with van der Waals surface area (Å²) >= 11 is 0. The number of hydrogen-bond donors (Lipinski definition) is 2. The lowest BCUT2D eigenvalue weighted by Crippen LogP contribution is -2.27. The number of H-pyrrole nitrogens is 1. The molecule has 2 N–H and O–H groups in total. The van der Waals surface area contributed by atoms with Crippen molar-refractivity contribution >= 4 is 22.8 Å². The van der Waals surface area contributed by atoms with Gasteiger partial charge in [0, 0.05) is 19.4 Å². The van der Waals surface area contributed by atoms with Gasteiger partial charge in [-0.25, -0.2) is 4.98 Å². The number of amides is 1. The number of aryl methyl sites for hydroxylation is 1. The van der Waals surface area contributed by atoms with E-state index in [2.05, 4.69) is 20.0 Å². The summed E-state index contributed by atoms with van der Waals surface area (Å²) in [5.74, 6) is -0.118. The van der Waals surface area contributed by atoms with Crippen molar-refractivity contribution in [2.45, 2.75) is 19.3 Å². The van der Waals surface area contributed by atoms with Crippen molar-refractivity contribution in [2.75, 3.05) is 13.7 Å². The van der Waals surface area contributed by atoms with Crippen LogP contribution in [0.4, 0.5) is 0 Å². The van der Waals surface area contributed by atoms with E-state index in [4.69, 9.17) is 0 Å². The number of esters is 1. The molecule has 0 radical (unpaired) electrons. The highest BCUT2D eigenvalue weighted by molar-refractivity contribution is 5.78. The molecular weight excluding hydrogens is 286 g/mol. The van der Waals surface area contributed by atoms with Gasteiger partial charge in [0.1, 0.15) is 5.82 Å². The number of nitrogens with one attached hydrogen (secondary N) is 2. The molecule has 0 atom stereocenters. The number of ether oxygens (including phenoxy) is 1. The van der Waals surface area contributed by atoms with Crippen molar-refractivity contribution in [2.24, 2.45) is 0 Å². The van der Waals surface area contributed by atoms with Crippen molar-refractivity contribution in [1.29, 1.82) is 0 Å². The van der Waals surface area contributed by atoms with Gasteiger partial charge in [0.15, 0.2) is 0 Å². The van der Waals surface area contributed by atoms with Gasteiger partial charge in [-0.2, -0.15) is 0 Å². The molecule has 7 heteroatoms. The third kappa shape index (κ3) is 4.15. The molecule has 22 heavy (non-hydrogen) atoms. The van der Waals surface area contributed by atoms with Crippen molar-refractivity contribution in [1.82, 2.24) is 15.3 Å². The van der Waals surface area contributed by atoms with Crippen LogP contribution < -0.4 is 10.9 Å². The summed E-state index contributed by atoms with van der Waals surface area (Å²) in [4.78, 5) is 41.4. The van der Waals surface area contributed by atoms with Gasteiger partial charge in [0.05, 0.1) is 24.4 Å². The number of hydrogen-bond acceptors (Lipinski definition) is 5. The van der Waals surface area contributed by atoms with Crippen molar-refractivity contribution in [3.63, 3.8) is 0 Å². The van der Waals surface area contributed by atoms with Gasteiger partial charge in [-0.15, -0.1) is 0 Å². The van der Waals surface area contributed by atoms with Crippen LogP contribution in [0.15, 0.2) is 29.1 Å². The highest BCUT2D eigenvalue weighted by atomic mass is 16.5. The van der Waals surface area contributed by atoms with Crippen LogP contribution in [0.2, 0.25) is 0 Å². The summed E-state index contributed by atoms with van der Waals surface area (Å²) in [6.07, 6.45) is 0.639. The van der Waals surface area contributed by atoms with Crippen LogP contribution >= 0.6 is 0 Å². The van der Waals surface area contributed by atoms with E-state index < -0.39 is 0 Å². The van der Waals surface area contributed by atoms with E-state index in [9.17, 15) is 14.4 Å². The summed E-state index contributed by atoms with van der Waals surface area (Å²) in [6.45, 7) is 0.229. The van der Waals surface area contributed by atoms with E-state index in [0.29, 0.717) is 23.1 Å². The number of rotatable bonds is 6. The molecule has 0 aliphatic carbocycles. The van der Waals surface area contributed by atoms with Crippen LogP contribution in [0.25, 0.3) is 10.9 Å². The Morgan fingerprint density at radius 1 is 1.27 bits per heavy atom. The first kappa shape index (κ1) is 15.7. The SMILES string of the molecule is COC(=O)CCNC(=O)CCc1nc2ccccc2c(=O)[nH]1. The first-order chi connectivity index (χ1) is 10.6. The molecule has 0 saturated heterocycles. The largest absolute Gasteiger partial charge is 0.469 e. The van der Waals surface area contributed by atoms with Crippen molar-refractivity contribution < 1.29 is 14.3 Å². The minimum atomic E-state index is -0.374. The third-order valence-corrected chi connectivity index (χ3v) is 3.13. The molecular formula is C15H17N3O4. The van der Waals surface area contributed by atoms with Gasteiger partial charge in [0.25, 0.3) is 5.56 Å². The minimum absolute atomic E-state index is 0.132. The zero-order valence-electron chi connectivity index (χ0n) is 12.2. The molecule has 0 bridgehead atoms. The van der Waals surface area contributed by atoms with Crippen molar-refractivity contribution in [3.8, 4) is 0 Å². The van der Waals surface area contributed by atoms with Gasteiger partial charge >= 0.3 is 5.97 Å². The summed E-state index contributed by atoms with van der Waals surface area (Å²) in [7, 11) is 1.30. The van der Waals surface area contributed by atoms with E-state index in [1.807, 2.05) is 0 Å². The second-order valence-electron chi connectivity index (χ2n) is 4.71. The molecule has 0 aliphatic rings. The molecule has 0 fully saturated rings. The smallest absolute Gasteiger partial charge is 0.307 e. The summed E-state index contributed by atoms with van der Waals surface area (Å²) in [5, 5.41) is 3.13. The first-order valence-corrected chi connectivity index (χ1v) is 6.91. The van der Waals surface area contributed by atoms with E-state index >= 15 is 0 Å². The molecule has 1 aromatic carbocycles. The van der Waals surface area contributed by atoms with E-state index in [1.54, 1.807) is 24.3 Å². The Balaban J connectivity index is 1.90. The Morgan fingerprint density at radius 3 is 2.82 bits per heavy atom. The predicted molar refractivity (Wildman–Crippen MR) is 80.3 cm³/mol. The number of aromatic amines is 1. The average molecular weight is 303 g/mol. The van der Waals surface area contributed by atoms with Crippen LogP contribution in [-0.4, -0.2) is 35.5 Å². The normalized spacial score (nSPS) is 10.4. The number of aromatic nitrogens is 2. The maximum atomic E-state index is 11.9. The second kappa shape index (κ2) is 7.35. The van der Waals surface area contributed by atoms with Crippen molar-refractivity contribution in [3.05, 3.63) is 40.4 Å². The lowest BCUT2D eigenvalue weighted by Gasteiger charge is -2.05. The molecule has 0 spiro atoms. The van der Waals surface area contributed by atoms with Gasteiger partial charge in [-0.3, -0.25) is 14.4 Å². The zero-order valence-corrected chi connectivity index (χ0v) is 12.2. The Morgan fingerprint density at radius 2 is 2.05 bits per heavy atom. The van der Waals surface area contributed by atoms with Crippen LogP contribution in [0.5, 0.6) is 0 Å². The zero-order chi connectivity index (χ0) is 15.9. The van der Waals surface area contributed by atoms with E-state index in [1.165, 1.54) is 7.11 Å². The number of benzene rings is 1. The lowest BCUT2D eigenvalue weighted by molar-refractivity contribution is -0.140. The maximum absolute atomic E-state index is 11.9. The number of nitrogens with zero attached hydrogens (tertiary/aromatic N) is 1. The second-order valence-corrected chi connectivity index (χ2v) is 4.71. The quantitative estimate of drug-likeness (QED) is 0.758. The average Bonchev–Trinajstić information content (AvgIpc) is 2.53. The molecule has 116 valence electrons. The van der Waals surface area contributed by atoms with Gasteiger partial charge < -0.3 is 15.0 Å². The molecule has 1 amide bonds. The monoisotopic (exact) mass is 303 g/mol. The van der Waals surface area contributed by atoms with Crippen LogP contribution in [-0.2, 0) is 20.7 Å². The molecule has 2 rings (SSSR count). The minimum Gasteiger partial charge on any atom is -0.469 e. The summed E-state index contributed by atoms with van der Waals surface area (Å²) < 4.78 is 4.48. The van der Waals surface area contributed by atoms with Gasteiger partial charge in [-0.05, 0) is 12.1 Å². The topological polar surface area (TPSA) is 101 Å². The standard InChI is InChI=1S/C15H17N3O4/c1-22-14(20)8-9-16-13(19)7-6-12-17-11-5-3-2-4-10(11)15(21)18-12/h2-5H,6-9H2,1H3,(H,16,19)(H,17,18,21). The molecule has 1 heterocycles. The number of para-hydroxylation sites is 1. The fraction of sp³-hybridized carbons (Fsp3) is 0.333. The van der Waals surface area contributed by atoms with E-state index in [0.717, 1.165) is 0 Å². The third-order valence-electron chi connectivity index (χ3n) is 3.13. The first-order valence-electron chi connectivity index (χ1n) is 6.91. The molecule has 2 aromatic rings. The Bertz CT molecular complexity index is 739. The maximum Gasteiger partial charge on any atom is 0.307 e. The molecule has 7 nitrogen and oxygen atoms in total. The molecule has 0 aliphatic heterocycles. The lowest BCUT2D eigenvalue weighted by atomic mass is 10.2. The highest BCUT2D eigenvalue weighted by Crippen LogP contribution is 2.06. The number of carbonyl (C=O) groups is 2. The Labute approximate surface area is 126 Å². The number of fused-ring (bicyclic) bond motifs is 1. The Kier molecular flexibility index (Phi) is 5.24. The summed E-state index contributed by atoms with van der Waals surface area (Å²) in [6, 6.07) is 7.03. The highest BCUT2D eigenvalue weighted by Gasteiger charge is 2.07. The number of carbonyl (C=O) groups excluding carboxylic acids is 2. The fourth-order valence-electron chi connectivity index (χ4n) is 1.98. The molecule has 1 aromatic heterocycles. The Hall–Kier alpha value is -2.70. The van der Waals surface area contributed by atoms with Gasteiger partial charge in [0.2, 0.25) is 5.91 Å². The molecule has 0 saturated carbocycles. The van der Waals surface area contributed by atoms with Crippen LogP contribution in [0.3, 0.4) is 0 Å². The number of methoxy groups -OCH3 is 1. The summed E-state index contributed by atoms with van der Waals surface area (Å²) in [5.41, 5.74) is 0.388. The van der Waals surface area contributed by atoms with Crippen LogP contribution in [0.1, 0.15) is 18.7 Å². The molecule has 0 unspecified atom stereocenters. The fourth-order valence-corrected chi connectivity index (χ4v) is 1.98. The van der Waals surface area contributed by atoms with Crippen LogP contribution in [0, 0.1) is 0 Å². The van der Waals surface area contributed by atoms with E-state index in [-0.39, 0.29) is 36.8 Å².